The summed E-state index contributed by atoms with van der Waals surface area (Å²) in [4.78, 5) is 24.8. The van der Waals surface area contributed by atoms with Gasteiger partial charge in [0.2, 0.25) is 0 Å². The smallest absolute Gasteiger partial charge is 0.416 e. The second-order valence-electron chi connectivity index (χ2n) is 7.02. The first kappa shape index (κ1) is 19.7. The summed E-state index contributed by atoms with van der Waals surface area (Å²) in [6, 6.07) is 17.2. The van der Waals surface area contributed by atoms with Crippen LogP contribution in [0.25, 0.3) is 11.1 Å². The van der Waals surface area contributed by atoms with Gasteiger partial charge < -0.3 is 10.4 Å². The fourth-order valence-corrected chi connectivity index (χ4v) is 3.90. The lowest BCUT2D eigenvalue weighted by Crippen LogP contribution is -2.45. The number of hydrogen-bond acceptors (Lipinski definition) is 2. The molecule has 0 saturated carbocycles. The van der Waals surface area contributed by atoms with E-state index in [2.05, 4.69) is 5.32 Å². The van der Waals surface area contributed by atoms with Crippen LogP contribution in [0.5, 0.6) is 0 Å². The second-order valence-corrected chi connectivity index (χ2v) is 7.02. The molecule has 0 fully saturated rings. The van der Waals surface area contributed by atoms with Gasteiger partial charge in [0.05, 0.1) is 5.56 Å². The van der Waals surface area contributed by atoms with E-state index < -0.39 is 35.6 Å². The molecule has 1 aliphatic carbocycles. The highest BCUT2D eigenvalue weighted by molar-refractivity contribution is 5.97. The minimum Gasteiger partial charge on any atom is -0.480 e. The lowest BCUT2D eigenvalue weighted by atomic mass is 9.89. The Balaban J connectivity index is 1.71. The Labute approximate surface area is 170 Å². The number of rotatable bonds is 4. The predicted octanol–water partition coefficient (Wildman–Crippen LogP) is 4.70. The van der Waals surface area contributed by atoms with E-state index in [0.717, 1.165) is 34.4 Å². The molecule has 4 rings (SSSR count). The SMILES string of the molecule is O=C(N[C@H](C(=O)O)C1c2ccccc2-c2ccccc21)c1cccc(C(F)(F)F)c1. The number of benzene rings is 3. The Hall–Kier alpha value is -3.61. The summed E-state index contributed by atoms with van der Waals surface area (Å²) in [5, 5.41) is 12.3. The molecule has 0 saturated heterocycles. The molecule has 152 valence electrons. The number of halogens is 3. The van der Waals surface area contributed by atoms with Gasteiger partial charge in [-0.3, -0.25) is 4.79 Å². The van der Waals surface area contributed by atoms with E-state index in [1.165, 1.54) is 6.07 Å². The first-order valence-electron chi connectivity index (χ1n) is 9.16. The first-order valence-corrected chi connectivity index (χ1v) is 9.16. The molecule has 3 aromatic carbocycles. The number of carbonyl (C=O) groups excluding carboxylic acids is 1. The third-order valence-electron chi connectivity index (χ3n) is 5.22. The molecular weight excluding hydrogens is 395 g/mol. The number of carboxylic acid groups (broad SMARTS) is 1. The van der Waals surface area contributed by atoms with Crippen LogP contribution in [0, 0.1) is 0 Å². The molecule has 0 unspecified atom stereocenters. The van der Waals surface area contributed by atoms with E-state index in [1.807, 2.05) is 24.3 Å². The summed E-state index contributed by atoms with van der Waals surface area (Å²) in [5.41, 5.74) is 2.01. The van der Waals surface area contributed by atoms with Crippen molar-refractivity contribution >= 4 is 11.9 Å². The lowest BCUT2D eigenvalue weighted by molar-refractivity contribution is -0.140. The van der Waals surface area contributed by atoms with E-state index in [1.54, 1.807) is 24.3 Å². The van der Waals surface area contributed by atoms with Gasteiger partial charge in [-0.2, -0.15) is 13.2 Å². The van der Waals surface area contributed by atoms with Crippen molar-refractivity contribution < 1.29 is 27.9 Å². The van der Waals surface area contributed by atoms with Crippen LogP contribution in [-0.4, -0.2) is 23.0 Å². The minimum absolute atomic E-state index is 0.254. The monoisotopic (exact) mass is 411 g/mol. The quantitative estimate of drug-likeness (QED) is 0.654. The summed E-state index contributed by atoms with van der Waals surface area (Å²) in [7, 11) is 0. The maximum Gasteiger partial charge on any atom is 0.416 e. The van der Waals surface area contributed by atoms with Crippen molar-refractivity contribution in [1.82, 2.24) is 5.32 Å². The summed E-state index contributed by atoms with van der Waals surface area (Å²) in [6.45, 7) is 0. The van der Waals surface area contributed by atoms with Gasteiger partial charge in [-0.25, -0.2) is 4.79 Å². The molecule has 0 heterocycles. The molecule has 0 aliphatic heterocycles. The normalized spacial score (nSPS) is 14.0. The predicted molar refractivity (Wildman–Crippen MR) is 104 cm³/mol. The fraction of sp³-hybridized carbons (Fsp3) is 0.130. The molecule has 1 aliphatic rings. The van der Waals surface area contributed by atoms with Gasteiger partial charge in [0.1, 0.15) is 6.04 Å². The summed E-state index contributed by atoms with van der Waals surface area (Å²) in [6.07, 6.45) is -4.61. The summed E-state index contributed by atoms with van der Waals surface area (Å²) >= 11 is 0. The van der Waals surface area contributed by atoms with Gasteiger partial charge >= 0.3 is 12.1 Å². The number of carbonyl (C=O) groups is 2. The van der Waals surface area contributed by atoms with Gasteiger partial charge in [0.25, 0.3) is 5.91 Å². The average Bonchev–Trinajstić information content (AvgIpc) is 3.05. The van der Waals surface area contributed by atoms with E-state index in [9.17, 15) is 27.9 Å². The molecule has 2 N–H and O–H groups in total. The van der Waals surface area contributed by atoms with E-state index >= 15 is 0 Å². The molecule has 4 nitrogen and oxygen atoms in total. The Morgan fingerprint density at radius 1 is 0.867 bits per heavy atom. The molecule has 1 amide bonds. The molecule has 0 aromatic heterocycles. The maximum atomic E-state index is 13.0. The number of amides is 1. The number of aliphatic carboxylic acids is 1. The van der Waals surface area contributed by atoms with Crippen molar-refractivity contribution in [2.24, 2.45) is 0 Å². The van der Waals surface area contributed by atoms with Crippen LogP contribution >= 0.6 is 0 Å². The molecular formula is C23H16F3NO3. The molecule has 7 heteroatoms. The lowest BCUT2D eigenvalue weighted by Gasteiger charge is -2.23. The van der Waals surface area contributed by atoms with Crippen LogP contribution in [-0.2, 0) is 11.0 Å². The van der Waals surface area contributed by atoms with Crippen molar-refractivity contribution in [3.63, 3.8) is 0 Å². The van der Waals surface area contributed by atoms with E-state index in [0.29, 0.717) is 6.07 Å². The minimum atomic E-state index is -4.61. The number of fused-ring (bicyclic) bond motifs is 3. The zero-order chi connectivity index (χ0) is 21.5. The van der Waals surface area contributed by atoms with Crippen molar-refractivity contribution in [3.8, 4) is 11.1 Å². The Bertz CT molecular complexity index is 1090. The van der Waals surface area contributed by atoms with Gasteiger partial charge in [0, 0.05) is 11.5 Å². The third-order valence-corrected chi connectivity index (χ3v) is 5.22. The number of hydrogen-bond donors (Lipinski definition) is 2. The van der Waals surface area contributed by atoms with Crippen molar-refractivity contribution in [3.05, 3.63) is 95.1 Å². The van der Waals surface area contributed by atoms with Gasteiger partial charge in [-0.05, 0) is 40.5 Å². The molecule has 3 aromatic rings. The zero-order valence-electron chi connectivity index (χ0n) is 15.5. The summed E-state index contributed by atoms with van der Waals surface area (Å²) < 4.78 is 38.9. The number of carboxylic acids is 1. The van der Waals surface area contributed by atoms with Crippen LogP contribution in [0.3, 0.4) is 0 Å². The molecule has 0 bridgehead atoms. The van der Waals surface area contributed by atoms with Gasteiger partial charge in [-0.1, -0.05) is 54.6 Å². The van der Waals surface area contributed by atoms with Gasteiger partial charge in [0.15, 0.2) is 0 Å². The Morgan fingerprint density at radius 2 is 1.43 bits per heavy atom. The Kier molecular flexibility index (Phi) is 4.81. The van der Waals surface area contributed by atoms with Crippen LogP contribution in [0.4, 0.5) is 13.2 Å². The first-order chi connectivity index (χ1) is 14.3. The third kappa shape index (κ3) is 3.43. The standard InChI is InChI=1S/C23H16F3NO3/c24-23(25,26)14-7-5-6-13(12-14)21(28)27-20(22(29)30)19-17-10-3-1-8-15(17)16-9-2-4-11-18(16)19/h1-12,19-20H,(H,27,28)(H,29,30)/t20-/m0/s1. The topological polar surface area (TPSA) is 66.4 Å². The van der Waals surface area contributed by atoms with Gasteiger partial charge in [-0.15, -0.1) is 0 Å². The highest BCUT2D eigenvalue weighted by Gasteiger charge is 2.39. The average molecular weight is 411 g/mol. The van der Waals surface area contributed by atoms with Crippen molar-refractivity contribution in [1.29, 1.82) is 0 Å². The zero-order valence-corrected chi connectivity index (χ0v) is 15.5. The number of nitrogens with one attached hydrogen (secondary N) is 1. The van der Waals surface area contributed by atoms with E-state index in [4.69, 9.17) is 0 Å². The van der Waals surface area contributed by atoms with Crippen LogP contribution in [0.15, 0.2) is 72.8 Å². The highest BCUT2D eigenvalue weighted by Crippen LogP contribution is 2.46. The van der Waals surface area contributed by atoms with Crippen LogP contribution in [0.1, 0.15) is 33.0 Å². The number of alkyl halides is 3. The fourth-order valence-electron chi connectivity index (χ4n) is 3.90. The molecule has 1 atom stereocenters. The Morgan fingerprint density at radius 3 is 1.97 bits per heavy atom. The molecule has 0 spiro atoms. The van der Waals surface area contributed by atoms with Crippen molar-refractivity contribution in [2.45, 2.75) is 18.1 Å². The summed E-state index contributed by atoms with van der Waals surface area (Å²) in [5.74, 6) is -2.81. The largest absolute Gasteiger partial charge is 0.480 e. The maximum absolute atomic E-state index is 13.0. The van der Waals surface area contributed by atoms with Crippen LogP contribution in [0.2, 0.25) is 0 Å². The molecule has 30 heavy (non-hydrogen) atoms. The van der Waals surface area contributed by atoms with Crippen LogP contribution < -0.4 is 5.32 Å². The highest BCUT2D eigenvalue weighted by atomic mass is 19.4. The van der Waals surface area contributed by atoms with Crippen molar-refractivity contribution in [2.75, 3.05) is 0 Å². The van der Waals surface area contributed by atoms with E-state index in [-0.39, 0.29) is 5.56 Å². The molecule has 0 radical (unpaired) electrons. The second kappa shape index (κ2) is 7.33.